The van der Waals surface area contributed by atoms with Gasteiger partial charge in [0.2, 0.25) is 0 Å². The zero-order chi connectivity index (χ0) is 26.6. The summed E-state index contributed by atoms with van der Waals surface area (Å²) in [4.78, 5) is 3.28. The number of benzene rings is 2. The molecule has 0 unspecified atom stereocenters. The number of para-hydroxylation sites is 1. The van der Waals surface area contributed by atoms with Crippen molar-refractivity contribution < 1.29 is 20.0 Å². The Labute approximate surface area is 235 Å². The molecule has 4 aromatic rings. The maximum absolute atomic E-state index is 7.50. The van der Waals surface area contributed by atoms with Gasteiger partial charge < -0.3 is 0 Å². The van der Waals surface area contributed by atoms with Gasteiger partial charge in [-0.1, -0.05) is 0 Å². The van der Waals surface area contributed by atoms with Crippen LogP contribution in [0.3, 0.4) is 0 Å². The topological polar surface area (TPSA) is 21.8 Å². The van der Waals surface area contributed by atoms with E-state index in [0.717, 1.165) is 31.2 Å². The predicted octanol–water partition coefficient (Wildman–Crippen LogP) is 8.25. The van der Waals surface area contributed by atoms with Gasteiger partial charge in [0.25, 0.3) is 0 Å². The minimum atomic E-state index is -1.67. The van der Waals surface area contributed by atoms with Crippen LogP contribution in [0, 0.1) is 3.89 Å². The number of nitrogens with zero attached hydrogens (tertiary/aromatic N) is 3. The first-order valence-electron chi connectivity index (χ1n) is 13.4. The minimum absolute atomic E-state index is 0.400. The second-order valence-corrected chi connectivity index (χ2v) is 14.6. The van der Waals surface area contributed by atoms with Gasteiger partial charge in [0, 0.05) is 0 Å². The average Bonchev–Trinajstić information content (AvgIpc) is 3.33. The van der Waals surface area contributed by atoms with Crippen molar-refractivity contribution in [2.45, 2.75) is 44.4 Å². The molecule has 1 saturated heterocycles. The molecule has 1 aliphatic heterocycles. The number of hydrogen-bond acceptors (Lipinski definition) is 2. The molecule has 38 heavy (non-hydrogen) atoms. The summed E-state index contributed by atoms with van der Waals surface area (Å²) in [5.41, 5.74) is 6.40. The molecular formula is C32H38ClN3OPd-2. The van der Waals surface area contributed by atoms with E-state index in [9.17, 15) is 0 Å². The third-order valence-electron chi connectivity index (χ3n) is 6.99. The average molecular weight is 623 g/mol. The Hall–Kier alpha value is -2.42. The van der Waals surface area contributed by atoms with Crippen molar-refractivity contribution in [1.82, 2.24) is 8.97 Å². The molecule has 0 radical (unpaired) electrons. The van der Waals surface area contributed by atoms with E-state index < -0.39 is 15.3 Å². The molecule has 0 bridgehead atoms. The number of pyridine rings is 1. The fourth-order valence-corrected chi connectivity index (χ4v) is 8.30. The summed E-state index contributed by atoms with van der Waals surface area (Å²) in [5.74, 6) is 2.00. The molecule has 5 rings (SSSR count). The number of rotatable bonds is 7. The standard InChI is InChI=1S/C23H29N3O.C9H9.ClH.Pd/c1-17(2)20-8-6-9-21(18(3)4)23(20)25-15-19-7-5-10-22(26(19)16-25)24-11-13-27-14-12-24;1-2-6-9-7-4-3-5-8-9;;/h5-10,15,17-18H,11-14H2,1-4H3;2-8H,1H2;1H;/q;;;-1/p-1. The Morgan fingerprint density at radius 2 is 1.53 bits per heavy atom. The van der Waals surface area contributed by atoms with Crippen LogP contribution in [0.15, 0.2) is 79.0 Å². The first-order valence-corrected chi connectivity index (χ1v) is 17.3. The first kappa shape index (κ1) is 27.2. The van der Waals surface area contributed by atoms with Crippen LogP contribution < -0.4 is 4.90 Å². The van der Waals surface area contributed by atoms with Crippen molar-refractivity contribution in [2.24, 2.45) is 0 Å². The van der Waals surface area contributed by atoms with Crippen molar-refractivity contribution in [2.75, 3.05) is 31.2 Å². The van der Waals surface area contributed by atoms with Gasteiger partial charge in [-0.05, 0) is 0 Å². The van der Waals surface area contributed by atoms with E-state index in [1.807, 2.05) is 0 Å². The SMILES string of the molecule is CC(C)c1cccc(C(C)C)c1-n1cc2cccc(N3CCOCC3)n2[c]1=[Pd-2]([Cl])[CH2]C=Cc1ccccc1. The summed E-state index contributed by atoms with van der Waals surface area (Å²) < 4.78 is 11.8. The number of morpholine rings is 1. The fourth-order valence-electron chi connectivity index (χ4n) is 5.09. The number of hydrogen-bond donors (Lipinski definition) is 0. The van der Waals surface area contributed by atoms with Gasteiger partial charge in [0.15, 0.2) is 0 Å². The molecule has 0 N–H and O–H groups in total. The van der Waals surface area contributed by atoms with E-state index in [2.05, 4.69) is 127 Å². The van der Waals surface area contributed by atoms with Crippen LogP contribution >= 0.6 is 9.53 Å². The molecule has 0 atom stereocenters. The van der Waals surface area contributed by atoms with Crippen molar-refractivity contribution in [1.29, 1.82) is 0 Å². The number of ether oxygens (including phenoxy) is 1. The summed E-state index contributed by atoms with van der Waals surface area (Å²) in [7, 11) is 7.50. The predicted molar refractivity (Wildman–Crippen MR) is 157 cm³/mol. The van der Waals surface area contributed by atoms with Crippen LogP contribution in [0.25, 0.3) is 17.3 Å². The van der Waals surface area contributed by atoms with E-state index in [0.29, 0.717) is 11.8 Å². The fraction of sp³-hybridized carbons (Fsp3) is 0.344. The van der Waals surface area contributed by atoms with Gasteiger partial charge in [-0.3, -0.25) is 0 Å². The van der Waals surface area contributed by atoms with Gasteiger partial charge in [-0.2, -0.15) is 0 Å². The van der Waals surface area contributed by atoms with E-state index in [4.69, 9.17) is 14.3 Å². The Kier molecular flexibility index (Phi) is 8.71. The Morgan fingerprint density at radius 1 is 0.868 bits per heavy atom. The van der Waals surface area contributed by atoms with Gasteiger partial charge in [-0.25, -0.2) is 0 Å². The normalized spacial score (nSPS) is 16.2. The van der Waals surface area contributed by atoms with Crippen molar-refractivity contribution in [3.63, 3.8) is 0 Å². The van der Waals surface area contributed by atoms with Crippen LogP contribution in [-0.2, 0) is 20.0 Å². The number of allylic oxidation sites excluding steroid dienone is 1. The van der Waals surface area contributed by atoms with E-state index in [1.165, 1.54) is 37.6 Å². The number of aromatic nitrogens is 2. The van der Waals surface area contributed by atoms with Crippen LogP contribution in [0.2, 0.25) is 4.89 Å². The van der Waals surface area contributed by atoms with Gasteiger partial charge in [0.05, 0.1) is 0 Å². The van der Waals surface area contributed by atoms with Crippen LogP contribution in [0.1, 0.15) is 56.2 Å². The third-order valence-corrected chi connectivity index (χ3v) is 10.6. The quantitative estimate of drug-likeness (QED) is 0.194. The summed E-state index contributed by atoms with van der Waals surface area (Å²) in [5, 5.41) is 0. The molecule has 1 aliphatic rings. The van der Waals surface area contributed by atoms with Crippen molar-refractivity contribution in [3.05, 3.63) is 99.6 Å². The van der Waals surface area contributed by atoms with E-state index in [-0.39, 0.29) is 0 Å². The zero-order valence-electron chi connectivity index (χ0n) is 22.7. The molecular weight excluding hydrogens is 584 g/mol. The Morgan fingerprint density at radius 3 is 2.18 bits per heavy atom. The second-order valence-electron chi connectivity index (χ2n) is 10.3. The maximum atomic E-state index is 7.50. The Balaban J connectivity index is 1.78. The van der Waals surface area contributed by atoms with Crippen LogP contribution in [0.5, 0.6) is 0 Å². The number of fused-ring (bicyclic) bond motifs is 1. The van der Waals surface area contributed by atoms with Crippen molar-refractivity contribution in [3.8, 4) is 5.69 Å². The summed E-state index contributed by atoms with van der Waals surface area (Å²) in [6, 6.07) is 23.9. The Bertz CT molecular complexity index is 1470. The zero-order valence-corrected chi connectivity index (χ0v) is 25.0. The summed E-state index contributed by atoms with van der Waals surface area (Å²) in [6.07, 6.45) is 6.76. The second kappa shape index (κ2) is 12.2. The van der Waals surface area contributed by atoms with E-state index in [1.54, 1.807) is 0 Å². The molecule has 0 saturated carbocycles. The van der Waals surface area contributed by atoms with Crippen LogP contribution in [-0.4, -0.2) is 35.3 Å². The first-order chi connectivity index (χ1) is 18.5. The van der Waals surface area contributed by atoms with Crippen LogP contribution in [0.4, 0.5) is 5.82 Å². The van der Waals surface area contributed by atoms with E-state index >= 15 is 0 Å². The molecule has 0 spiro atoms. The molecule has 0 aliphatic carbocycles. The molecule has 6 heteroatoms. The molecule has 3 heterocycles. The molecule has 2 aromatic heterocycles. The molecule has 2 aromatic carbocycles. The third kappa shape index (κ3) is 5.63. The van der Waals surface area contributed by atoms with Gasteiger partial charge >= 0.3 is 237 Å². The molecule has 4 nitrogen and oxygen atoms in total. The summed E-state index contributed by atoms with van der Waals surface area (Å²) >= 11 is -1.67. The molecule has 206 valence electrons. The number of anilines is 1. The molecule has 1 fully saturated rings. The monoisotopic (exact) mass is 621 g/mol. The number of imidazole rings is 1. The van der Waals surface area contributed by atoms with Crippen molar-refractivity contribution >= 4 is 26.9 Å². The number of halogens is 1. The van der Waals surface area contributed by atoms with Gasteiger partial charge in [-0.15, -0.1) is 0 Å². The summed E-state index contributed by atoms with van der Waals surface area (Å²) in [6.45, 7) is 12.4. The van der Waals surface area contributed by atoms with Gasteiger partial charge in [0.1, 0.15) is 0 Å². The molecule has 0 amide bonds.